The third-order valence-corrected chi connectivity index (χ3v) is 7.07. The quantitative estimate of drug-likeness (QED) is 0.398. The molecule has 3 N–H and O–H groups in total. The lowest BCUT2D eigenvalue weighted by molar-refractivity contribution is 0.178. The molecule has 4 aromatic rings. The van der Waals surface area contributed by atoms with Crippen LogP contribution in [0.3, 0.4) is 0 Å². The first-order chi connectivity index (χ1) is 16.9. The molecule has 0 spiro atoms. The molecule has 1 aliphatic heterocycles. The Bertz CT molecular complexity index is 1350. The van der Waals surface area contributed by atoms with Crippen molar-refractivity contribution in [1.82, 2.24) is 34.8 Å². The fraction of sp³-hybridized carbons (Fsp3) is 0.320. The summed E-state index contributed by atoms with van der Waals surface area (Å²) in [7, 11) is 0. The molecule has 1 fully saturated rings. The number of nitrogen functional groups attached to an aromatic ring is 1. The number of nitrogens with one attached hydrogen (secondary N) is 1. The van der Waals surface area contributed by atoms with Crippen molar-refractivity contribution in [2.75, 3.05) is 18.8 Å². The number of hydrogen-bond acceptors (Lipinski definition) is 6. The van der Waals surface area contributed by atoms with Crippen LogP contribution in [0.15, 0.2) is 53.5 Å². The fourth-order valence-electron chi connectivity index (χ4n) is 4.42. The molecule has 1 saturated heterocycles. The Balaban J connectivity index is 1.43. The van der Waals surface area contributed by atoms with Gasteiger partial charge in [-0.15, -0.1) is 0 Å². The van der Waals surface area contributed by atoms with Crippen molar-refractivity contribution in [3.05, 3.63) is 59.2 Å². The lowest BCUT2D eigenvalue weighted by atomic mass is 9.93. The predicted octanol–water partition coefficient (Wildman–Crippen LogP) is 4.50. The highest BCUT2D eigenvalue weighted by atomic mass is 79.9. The molecule has 0 saturated carbocycles. The molecule has 0 unspecified atom stereocenters. The first-order valence-electron chi connectivity index (χ1n) is 11.7. The van der Waals surface area contributed by atoms with Crippen LogP contribution in [0.4, 0.5) is 10.6 Å². The number of nitrogens with zero attached hydrogens (tertiary/aromatic N) is 6. The van der Waals surface area contributed by atoms with E-state index in [9.17, 15) is 4.79 Å². The van der Waals surface area contributed by atoms with Crippen molar-refractivity contribution in [3.63, 3.8) is 0 Å². The van der Waals surface area contributed by atoms with E-state index in [-0.39, 0.29) is 18.0 Å². The molecule has 9 nitrogen and oxygen atoms in total. The Morgan fingerprint density at radius 3 is 2.60 bits per heavy atom. The number of nitrogens with two attached hydrogens (primary N) is 1. The molecule has 5 rings (SSSR count). The van der Waals surface area contributed by atoms with Gasteiger partial charge in [0.25, 0.3) is 0 Å². The smallest absolute Gasteiger partial charge is 0.317 e. The zero-order valence-electron chi connectivity index (χ0n) is 19.6. The highest BCUT2D eigenvalue weighted by Gasteiger charge is 2.28. The van der Waals surface area contributed by atoms with Crippen LogP contribution in [0.2, 0.25) is 0 Å². The number of likely N-dealkylation sites (tertiary alicyclic amines) is 1. The summed E-state index contributed by atoms with van der Waals surface area (Å²) in [5, 5.41) is 7.45. The minimum Gasteiger partial charge on any atom is -0.383 e. The van der Waals surface area contributed by atoms with Crippen LogP contribution in [-0.2, 0) is 0 Å². The summed E-state index contributed by atoms with van der Waals surface area (Å²) in [6.45, 7) is 5.28. The molecule has 0 aliphatic carbocycles. The van der Waals surface area contributed by atoms with Gasteiger partial charge in [0.2, 0.25) is 0 Å². The van der Waals surface area contributed by atoms with Crippen molar-refractivity contribution in [3.8, 4) is 22.4 Å². The number of piperidine rings is 1. The van der Waals surface area contributed by atoms with Gasteiger partial charge in [-0.3, -0.25) is 9.97 Å². The highest BCUT2D eigenvalue weighted by Crippen LogP contribution is 2.37. The van der Waals surface area contributed by atoms with Crippen molar-refractivity contribution in [1.29, 1.82) is 0 Å². The number of urea groups is 1. The van der Waals surface area contributed by atoms with Crippen LogP contribution in [0.5, 0.6) is 0 Å². The van der Waals surface area contributed by atoms with E-state index in [1.807, 2.05) is 49.2 Å². The third-order valence-electron chi connectivity index (χ3n) is 6.26. The van der Waals surface area contributed by atoms with E-state index >= 15 is 0 Å². The normalized spacial score (nSPS) is 14.6. The maximum atomic E-state index is 12.4. The van der Waals surface area contributed by atoms with E-state index in [0.717, 1.165) is 45.4 Å². The van der Waals surface area contributed by atoms with Crippen molar-refractivity contribution < 1.29 is 4.79 Å². The number of carbonyl (C=O) groups excluding carboxylic acids is 1. The zero-order chi connectivity index (χ0) is 24.5. The average molecular weight is 535 g/mol. The SMILES string of the molecule is CC(C)NC(=O)N1CCC(c2nc3c(-c4ccc(-c5cccnc5)nc4)cnn3c(N)c2Br)CC1. The number of pyridine rings is 2. The summed E-state index contributed by atoms with van der Waals surface area (Å²) in [5.74, 6) is 0.699. The molecule has 2 amide bonds. The molecule has 0 aromatic carbocycles. The van der Waals surface area contributed by atoms with Gasteiger partial charge in [0.15, 0.2) is 5.65 Å². The number of hydrogen-bond donors (Lipinski definition) is 2. The van der Waals surface area contributed by atoms with Crippen LogP contribution in [-0.4, -0.2) is 54.6 Å². The van der Waals surface area contributed by atoms with Gasteiger partial charge in [-0.1, -0.05) is 6.07 Å². The van der Waals surface area contributed by atoms with Gasteiger partial charge in [0, 0.05) is 60.3 Å². The molecule has 1 aliphatic rings. The van der Waals surface area contributed by atoms with Gasteiger partial charge >= 0.3 is 6.03 Å². The molecular formula is C25H27BrN8O. The molecule has 180 valence electrons. The first-order valence-corrected chi connectivity index (χ1v) is 12.5. The van der Waals surface area contributed by atoms with E-state index in [0.29, 0.717) is 24.6 Å². The van der Waals surface area contributed by atoms with Gasteiger partial charge in [0.1, 0.15) is 5.82 Å². The average Bonchev–Trinajstić information content (AvgIpc) is 3.31. The second-order valence-corrected chi connectivity index (χ2v) is 9.82. The standard InChI is InChI=1S/C25H27BrN8O/c1-15(2)31-25(35)33-10-7-16(8-11-33)22-21(26)23(27)34-24(32-22)19(14-30-34)17-5-6-20(29-13-17)18-4-3-9-28-12-18/h3-6,9,12-16H,7-8,10-11,27H2,1-2H3,(H,31,35). The topological polar surface area (TPSA) is 114 Å². The molecule has 0 atom stereocenters. The van der Waals surface area contributed by atoms with Gasteiger partial charge < -0.3 is 16.0 Å². The Kier molecular flexibility index (Phi) is 6.38. The minimum atomic E-state index is -0.0132. The Morgan fingerprint density at radius 1 is 1.14 bits per heavy atom. The zero-order valence-corrected chi connectivity index (χ0v) is 21.2. The molecule has 0 radical (unpaired) electrons. The largest absolute Gasteiger partial charge is 0.383 e. The molecule has 5 heterocycles. The van der Waals surface area contributed by atoms with E-state index in [1.54, 1.807) is 23.1 Å². The Labute approximate surface area is 211 Å². The van der Waals surface area contributed by atoms with E-state index in [1.165, 1.54) is 0 Å². The summed E-state index contributed by atoms with van der Waals surface area (Å²) in [4.78, 5) is 28.0. The van der Waals surface area contributed by atoms with Crippen molar-refractivity contribution >= 4 is 33.4 Å². The van der Waals surface area contributed by atoms with Crippen molar-refractivity contribution in [2.45, 2.75) is 38.6 Å². The number of halogens is 1. The second-order valence-electron chi connectivity index (χ2n) is 9.03. The van der Waals surface area contributed by atoms with Gasteiger partial charge in [-0.05, 0) is 60.8 Å². The van der Waals surface area contributed by atoms with Crippen molar-refractivity contribution in [2.24, 2.45) is 0 Å². The second kappa shape index (κ2) is 9.61. The highest BCUT2D eigenvalue weighted by molar-refractivity contribution is 9.10. The van der Waals surface area contributed by atoms with E-state index in [4.69, 9.17) is 10.7 Å². The van der Waals surface area contributed by atoms with Crippen LogP contribution in [0.25, 0.3) is 28.0 Å². The summed E-state index contributed by atoms with van der Waals surface area (Å²) >= 11 is 3.66. The first kappa shape index (κ1) is 23.2. The van der Waals surface area contributed by atoms with Gasteiger partial charge in [0.05, 0.1) is 22.1 Å². The number of aromatic nitrogens is 5. The lowest BCUT2D eigenvalue weighted by Crippen LogP contribution is -2.46. The number of anilines is 1. The van der Waals surface area contributed by atoms with Gasteiger partial charge in [-0.25, -0.2) is 9.78 Å². The fourth-order valence-corrected chi connectivity index (χ4v) is 5.00. The summed E-state index contributed by atoms with van der Waals surface area (Å²) < 4.78 is 2.41. The monoisotopic (exact) mass is 534 g/mol. The molecule has 0 bridgehead atoms. The van der Waals surface area contributed by atoms with Crippen LogP contribution >= 0.6 is 15.9 Å². The Morgan fingerprint density at radius 2 is 1.94 bits per heavy atom. The van der Waals surface area contributed by atoms with Crippen LogP contribution in [0.1, 0.15) is 38.3 Å². The summed E-state index contributed by atoms with van der Waals surface area (Å²) in [6.07, 6.45) is 8.77. The van der Waals surface area contributed by atoms with Gasteiger partial charge in [-0.2, -0.15) is 9.61 Å². The molecule has 4 aromatic heterocycles. The third kappa shape index (κ3) is 4.58. The number of fused-ring (bicyclic) bond motifs is 1. The molecular weight excluding hydrogens is 508 g/mol. The maximum absolute atomic E-state index is 12.4. The predicted molar refractivity (Wildman–Crippen MR) is 139 cm³/mol. The molecule has 10 heteroatoms. The molecule has 35 heavy (non-hydrogen) atoms. The van der Waals surface area contributed by atoms with Crippen LogP contribution < -0.4 is 11.1 Å². The van der Waals surface area contributed by atoms with E-state index in [2.05, 4.69) is 36.3 Å². The number of carbonyl (C=O) groups is 1. The van der Waals surface area contributed by atoms with E-state index < -0.39 is 0 Å². The Hall–Kier alpha value is -3.53. The summed E-state index contributed by atoms with van der Waals surface area (Å²) in [5.41, 5.74) is 11.6. The number of amides is 2. The maximum Gasteiger partial charge on any atom is 0.317 e. The minimum absolute atomic E-state index is 0.0132. The number of rotatable bonds is 4. The lowest BCUT2D eigenvalue weighted by Gasteiger charge is -2.32. The summed E-state index contributed by atoms with van der Waals surface area (Å²) in [6, 6.07) is 7.96. The van der Waals surface area contributed by atoms with Crippen LogP contribution in [0, 0.1) is 0 Å².